The molecular formula is C13H24O2S. The van der Waals surface area contributed by atoms with Crippen molar-refractivity contribution in [2.45, 2.75) is 51.9 Å². The Morgan fingerprint density at radius 1 is 1.56 bits per heavy atom. The highest BCUT2D eigenvalue weighted by atomic mass is 32.2. The van der Waals surface area contributed by atoms with Crippen molar-refractivity contribution in [3.05, 3.63) is 0 Å². The molecule has 1 aliphatic rings. The first kappa shape index (κ1) is 14.0. The number of rotatable bonds is 4. The Hall–Kier alpha value is -0.0200. The number of carbonyl (C=O) groups is 1. The Bertz CT molecular complexity index is 252. The molecule has 0 aromatic heterocycles. The van der Waals surface area contributed by atoms with Gasteiger partial charge in [0.1, 0.15) is 5.78 Å². The van der Waals surface area contributed by atoms with Crippen LogP contribution >= 0.6 is 11.8 Å². The Labute approximate surface area is 104 Å². The number of hydrogen-bond acceptors (Lipinski definition) is 3. The first-order chi connectivity index (χ1) is 7.46. The Balaban J connectivity index is 2.91. The summed E-state index contributed by atoms with van der Waals surface area (Å²) in [4.78, 5) is 12.3. The molecule has 0 N–H and O–H groups in total. The van der Waals surface area contributed by atoms with Gasteiger partial charge in [-0.2, -0.15) is 11.8 Å². The molecule has 1 saturated carbocycles. The molecule has 1 fully saturated rings. The van der Waals surface area contributed by atoms with Crippen LogP contribution < -0.4 is 0 Å². The van der Waals surface area contributed by atoms with E-state index in [0.29, 0.717) is 23.4 Å². The molecule has 3 heteroatoms. The van der Waals surface area contributed by atoms with Crippen molar-refractivity contribution in [3.8, 4) is 0 Å². The van der Waals surface area contributed by atoms with Crippen LogP contribution in [-0.4, -0.2) is 30.0 Å². The average Bonchev–Trinajstić information content (AvgIpc) is 2.24. The molecule has 1 aliphatic carbocycles. The quantitative estimate of drug-likeness (QED) is 0.760. The van der Waals surface area contributed by atoms with Gasteiger partial charge in [-0.15, -0.1) is 0 Å². The van der Waals surface area contributed by atoms with Gasteiger partial charge in [-0.25, -0.2) is 0 Å². The van der Waals surface area contributed by atoms with Gasteiger partial charge in [-0.3, -0.25) is 4.79 Å². The van der Waals surface area contributed by atoms with E-state index >= 15 is 0 Å². The molecule has 1 rings (SSSR count). The van der Waals surface area contributed by atoms with E-state index in [0.717, 1.165) is 12.2 Å². The van der Waals surface area contributed by atoms with Gasteiger partial charge in [-0.05, 0) is 18.1 Å². The van der Waals surface area contributed by atoms with Gasteiger partial charge in [0.15, 0.2) is 0 Å². The van der Waals surface area contributed by atoms with Crippen LogP contribution in [-0.2, 0) is 9.53 Å². The number of ketones is 1. The van der Waals surface area contributed by atoms with Crippen molar-refractivity contribution in [2.75, 3.05) is 12.9 Å². The zero-order valence-electron chi connectivity index (χ0n) is 11.1. The summed E-state index contributed by atoms with van der Waals surface area (Å²) in [5, 5.41) is 0.406. The number of Topliss-reactive ketones (excluding diaryl/α,β-unsaturated/α-hetero) is 1. The van der Waals surface area contributed by atoms with Crippen LogP contribution in [0.15, 0.2) is 0 Å². The highest BCUT2D eigenvalue weighted by Crippen LogP contribution is 2.46. The van der Waals surface area contributed by atoms with Crippen LogP contribution in [0, 0.1) is 11.3 Å². The molecule has 0 aromatic carbocycles. The van der Waals surface area contributed by atoms with Crippen molar-refractivity contribution < 1.29 is 9.53 Å². The highest BCUT2D eigenvalue weighted by molar-refractivity contribution is 7.99. The summed E-state index contributed by atoms with van der Waals surface area (Å²) in [6.07, 6.45) is 1.73. The number of hydrogen-bond donors (Lipinski definition) is 0. The molecule has 2 nitrogen and oxygen atoms in total. The van der Waals surface area contributed by atoms with Gasteiger partial charge in [0, 0.05) is 24.2 Å². The predicted octanol–water partition coefficient (Wildman–Crippen LogP) is 3.15. The largest absolute Gasteiger partial charge is 0.381 e. The van der Waals surface area contributed by atoms with Gasteiger partial charge in [-0.1, -0.05) is 27.7 Å². The fraction of sp³-hybridized carbons (Fsp3) is 0.923. The maximum absolute atomic E-state index is 12.3. The fourth-order valence-electron chi connectivity index (χ4n) is 2.49. The second-order valence-corrected chi connectivity index (χ2v) is 6.58. The first-order valence-corrected chi connectivity index (χ1v) is 7.19. The monoisotopic (exact) mass is 244 g/mol. The minimum atomic E-state index is -0.171. The van der Waals surface area contributed by atoms with Crippen molar-refractivity contribution in [1.29, 1.82) is 0 Å². The van der Waals surface area contributed by atoms with E-state index in [1.165, 1.54) is 0 Å². The normalized spacial score (nSPS) is 35.8. The zero-order chi connectivity index (χ0) is 12.3. The summed E-state index contributed by atoms with van der Waals surface area (Å²) >= 11 is 1.91. The van der Waals surface area contributed by atoms with Crippen molar-refractivity contribution >= 4 is 17.5 Å². The molecule has 0 saturated heterocycles. The minimum Gasteiger partial charge on any atom is -0.381 e. The van der Waals surface area contributed by atoms with Crippen LogP contribution in [0.1, 0.15) is 40.5 Å². The number of methoxy groups -OCH3 is 1. The second-order valence-electron chi connectivity index (χ2n) is 5.10. The summed E-state index contributed by atoms with van der Waals surface area (Å²) in [5.74, 6) is 1.85. The SMILES string of the molecule is CCS[C@H]1C[C@@H](OC)CC(=O)[C@]1(C)C(C)C. The molecule has 0 bridgehead atoms. The lowest BCUT2D eigenvalue weighted by atomic mass is 9.66. The Morgan fingerprint density at radius 3 is 2.62 bits per heavy atom. The van der Waals surface area contributed by atoms with Crippen molar-refractivity contribution in [3.63, 3.8) is 0 Å². The fourth-order valence-corrected chi connectivity index (χ4v) is 3.99. The van der Waals surface area contributed by atoms with E-state index in [1.54, 1.807) is 7.11 Å². The standard InChI is InChI=1S/C13H24O2S/c1-6-16-12-8-10(15-5)7-11(14)13(12,4)9(2)3/h9-10,12H,6-8H2,1-5H3/t10-,12-,13-/m0/s1. The summed E-state index contributed by atoms with van der Waals surface area (Å²) in [6.45, 7) is 8.62. The first-order valence-electron chi connectivity index (χ1n) is 6.14. The lowest BCUT2D eigenvalue weighted by molar-refractivity contribution is -0.137. The third kappa shape index (κ3) is 2.45. The average molecular weight is 244 g/mol. The highest BCUT2D eigenvalue weighted by Gasteiger charge is 2.48. The van der Waals surface area contributed by atoms with Crippen LogP contribution in [0.3, 0.4) is 0 Å². The Morgan fingerprint density at radius 2 is 2.19 bits per heavy atom. The second kappa shape index (κ2) is 5.54. The van der Waals surface area contributed by atoms with E-state index in [1.807, 2.05) is 11.8 Å². The third-order valence-electron chi connectivity index (χ3n) is 4.06. The van der Waals surface area contributed by atoms with Gasteiger partial charge in [0.25, 0.3) is 0 Å². The molecule has 0 aromatic rings. The lowest BCUT2D eigenvalue weighted by Crippen LogP contribution is -2.49. The van der Waals surface area contributed by atoms with E-state index < -0.39 is 0 Å². The molecule has 94 valence electrons. The molecule has 16 heavy (non-hydrogen) atoms. The predicted molar refractivity (Wildman–Crippen MR) is 69.9 cm³/mol. The van der Waals surface area contributed by atoms with Gasteiger partial charge in [0.2, 0.25) is 0 Å². The van der Waals surface area contributed by atoms with Crippen LogP contribution in [0.4, 0.5) is 0 Å². The topological polar surface area (TPSA) is 26.3 Å². The summed E-state index contributed by atoms with van der Waals surface area (Å²) in [7, 11) is 1.71. The molecule has 0 aliphatic heterocycles. The molecular weight excluding hydrogens is 220 g/mol. The molecule has 3 atom stereocenters. The third-order valence-corrected chi connectivity index (χ3v) is 5.48. The summed E-state index contributed by atoms with van der Waals surface area (Å²) < 4.78 is 5.38. The van der Waals surface area contributed by atoms with E-state index in [9.17, 15) is 4.79 Å². The van der Waals surface area contributed by atoms with Crippen LogP contribution in [0.25, 0.3) is 0 Å². The van der Waals surface area contributed by atoms with Gasteiger partial charge < -0.3 is 4.74 Å². The summed E-state index contributed by atoms with van der Waals surface area (Å²) in [6, 6.07) is 0. The number of carbonyl (C=O) groups excluding carboxylic acids is 1. The van der Waals surface area contributed by atoms with Crippen LogP contribution in [0.2, 0.25) is 0 Å². The van der Waals surface area contributed by atoms with E-state index in [4.69, 9.17) is 4.74 Å². The van der Waals surface area contributed by atoms with Gasteiger partial charge >= 0.3 is 0 Å². The van der Waals surface area contributed by atoms with Gasteiger partial charge in [0.05, 0.1) is 6.10 Å². The molecule has 0 amide bonds. The molecule has 0 spiro atoms. The van der Waals surface area contributed by atoms with Crippen molar-refractivity contribution in [1.82, 2.24) is 0 Å². The van der Waals surface area contributed by atoms with Crippen molar-refractivity contribution in [2.24, 2.45) is 11.3 Å². The van der Waals surface area contributed by atoms with Crippen LogP contribution in [0.5, 0.6) is 0 Å². The lowest BCUT2D eigenvalue weighted by Gasteiger charge is -2.45. The maximum Gasteiger partial charge on any atom is 0.142 e. The maximum atomic E-state index is 12.3. The smallest absolute Gasteiger partial charge is 0.142 e. The number of thioether (sulfide) groups is 1. The Kier molecular flexibility index (Phi) is 4.87. The molecule has 0 unspecified atom stereocenters. The van der Waals surface area contributed by atoms with E-state index in [-0.39, 0.29) is 11.5 Å². The summed E-state index contributed by atoms with van der Waals surface area (Å²) in [5.41, 5.74) is -0.171. The minimum absolute atomic E-state index is 0.128. The number of ether oxygens (including phenoxy) is 1. The zero-order valence-corrected chi connectivity index (χ0v) is 11.9. The van der Waals surface area contributed by atoms with E-state index in [2.05, 4.69) is 27.7 Å². The molecule has 0 radical (unpaired) electrons. The molecule has 0 heterocycles.